The van der Waals surface area contributed by atoms with Crippen LogP contribution < -0.4 is 10.2 Å². The van der Waals surface area contributed by atoms with Gasteiger partial charge in [-0.25, -0.2) is 0 Å². The van der Waals surface area contributed by atoms with Crippen molar-refractivity contribution < 1.29 is 0 Å². The molecule has 19 heavy (non-hydrogen) atoms. The Kier molecular flexibility index (Phi) is 2.80. The van der Waals surface area contributed by atoms with E-state index in [0.717, 1.165) is 5.92 Å². The molecule has 2 heterocycles. The summed E-state index contributed by atoms with van der Waals surface area (Å²) >= 11 is 0. The zero-order valence-corrected chi connectivity index (χ0v) is 11.7. The van der Waals surface area contributed by atoms with Crippen LogP contribution in [0, 0.1) is 5.92 Å². The molecule has 0 radical (unpaired) electrons. The van der Waals surface area contributed by atoms with Crippen LogP contribution >= 0.6 is 0 Å². The van der Waals surface area contributed by atoms with Gasteiger partial charge in [-0.05, 0) is 49.9 Å². The second-order valence-electron chi connectivity index (χ2n) is 6.74. The Hall–Kier alpha value is -1.02. The summed E-state index contributed by atoms with van der Waals surface area (Å²) in [6, 6.07) is 9.20. The van der Waals surface area contributed by atoms with Crippen LogP contribution in [-0.4, -0.2) is 26.2 Å². The molecule has 0 amide bonds. The molecule has 1 aromatic rings. The third-order valence-electron chi connectivity index (χ3n) is 5.51. The molecule has 1 N–H and O–H groups in total. The molecule has 1 aromatic carbocycles. The molecular weight excluding hydrogens is 232 g/mol. The molecular formula is C17H24N2. The number of fused-ring (bicyclic) bond motifs is 2. The van der Waals surface area contributed by atoms with Gasteiger partial charge in [-0.3, -0.25) is 0 Å². The first-order valence-corrected chi connectivity index (χ1v) is 7.93. The van der Waals surface area contributed by atoms with Crippen molar-refractivity contribution in [3.8, 4) is 0 Å². The van der Waals surface area contributed by atoms with Crippen molar-refractivity contribution in [2.75, 3.05) is 31.1 Å². The first-order valence-electron chi connectivity index (χ1n) is 7.93. The Morgan fingerprint density at radius 2 is 2.05 bits per heavy atom. The van der Waals surface area contributed by atoms with E-state index < -0.39 is 0 Å². The fourth-order valence-corrected chi connectivity index (χ4v) is 4.56. The molecule has 1 saturated heterocycles. The minimum Gasteiger partial charge on any atom is -0.370 e. The van der Waals surface area contributed by atoms with E-state index in [4.69, 9.17) is 0 Å². The van der Waals surface area contributed by atoms with Crippen molar-refractivity contribution in [1.29, 1.82) is 0 Å². The van der Waals surface area contributed by atoms with Crippen LogP contribution in [0.3, 0.4) is 0 Å². The normalized spacial score (nSPS) is 28.2. The Balaban J connectivity index is 1.63. The van der Waals surface area contributed by atoms with Gasteiger partial charge in [0.2, 0.25) is 0 Å². The molecule has 4 rings (SSSR count). The highest BCUT2D eigenvalue weighted by molar-refractivity contribution is 5.63. The number of para-hydroxylation sites is 1. The molecule has 2 nitrogen and oxygen atoms in total. The highest BCUT2D eigenvalue weighted by Gasteiger charge is 2.44. The number of anilines is 1. The number of benzene rings is 1. The molecule has 2 heteroatoms. The number of nitrogens with zero attached hydrogens (tertiary/aromatic N) is 1. The van der Waals surface area contributed by atoms with E-state index in [-0.39, 0.29) is 0 Å². The van der Waals surface area contributed by atoms with Gasteiger partial charge < -0.3 is 10.2 Å². The summed E-state index contributed by atoms with van der Waals surface area (Å²) in [5.41, 5.74) is 3.69. The van der Waals surface area contributed by atoms with E-state index in [2.05, 4.69) is 34.5 Å². The average Bonchev–Trinajstić information content (AvgIpc) is 3.15. The molecule has 0 bridgehead atoms. The molecule has 102 valence electrons. The molecule has 2 aliphatic heterocycles. The fourth-order valence-electron chi connectivity index (χ4n) is 4.56. The Morgan fingerprint density at radius 1 is 1.21 bits per heavy atom. The number of hydrogen-bond acceptors (Lipinski definition) is 2. The summed E-state index contributed by atoms with van der Waals surface area (Å²) < 4.78 is 0. The van der Waals surface area contributed by atoms with Crippen LogP contribution in [0.5, 0.6) is 0 Å². The van der Waals surface area contributed by atoms with Crippen LogP contribution in [0.1, 0.15) is 37.7 Å². The maximum Gasteiger partial charge on any atom is 0.0405 e. The quantitative estimate of drug-likeness (QED) is 0.875. The number of nitrogens with one attached hydrogen (secondary N) is 1. The van der Waals surface area contributed by atoms with E-state index in [1.54, 1.807) is 5.56 Å². The van der Waals surface area contributed by atoms with Crippen molar-refractivity contribution in [3.63, 3.8) is 0 Å². The predicted octanol–water partition coefficient (Wildman–Crippen LogP) is 2.93. The van der Waals surface area contributed by atoms with Crippen molar-refractivity contribution in [2.24, 2.45) is 5.92 Å². The molecule has 0 unspecified atom stereocenters. The summed E-state index contributed by atoms with van der Waals surface area (Å²) in [7, 11) is 0. The molecule has 1 aliphatic carbocycles. The summed E-state index contributed by atoms with van der Waals surface area (Å²) in [5.74, 6) is 0.851. The zero-order chi connectivity index (χ0) is 12.7. The Labute approximate surface area is 116 Å². The van der Waals surface area contributed by atoms with Gasteiger partial charge in [-0.1, -0.05) is 31.0 Å². The van der Waals surface area contributed by atoms with E-state index in [0.29, 0.717) is 5.41 Å². The molecule has 3 aliphatic rings. The molecule has 1 saturated carbocycles. The molecule has 0 aromatic heterocycles. The third kappa shape index (κ3) is 1.88. The topological polar surface area (TPSA) is 15.3 Å². The monoisotopic (exact) mass is 256 g/mol. The first-order chi connectivity index (χ1) is 9.37. The lowest BCUT2D eigenvalue weighted by molar-refractivity contribution is 0.451. The summed E-state index contributed by atoms with van der Waals surface area (Å²) in [6.07, 6.45) is 7.01. The van der Waals surface area contributed by atoms with Gasteiger partial charge in [0.1, 0.15) is 0 Å². The maximum absolute atomic E-state index is 3.50. The van der Waals surface area contributed by atoms with Gasteiger partial charge >= 0.3 is 0 Å². The van der Waals surface area contributed by atoms with Gasteiger partial charge in [-0.15, -0.1) is 0 Å². The van der Waals surface area contributed by atoms with Crippen LogP contribution in [0.25, 0.3) is 0 Å². The summed E-state index contributed by atoms with van der Waals surface area (Å²) in [4.78, 5) is 2.69. The molecule has 1 atom stereocenters. The minimum absolute atomic E-state index is 0.503. The van der Waals surface area contributed by atoms with Crippen molar-refractivity contribution in [3.05, 3.63) is 29.8 Å². The van der Waals surface area contributed by atoms with E-state index in [1.165, 1.54) is 64.0 Å². The third-order valence-corrected chi connectivity index (χ3v) is 5.51. The highest BCUT2D eigenvalue weighted by Crippen LogP contribution is 2.50. The Morgan fingerprint density at radius 3 is 2.84 bits per heavy atom. The maximum atomic E-state index is 3.50. The van der Waals surface area contributed by atoms with Gasteiger partial charge in [0.25, 0.3) is 0 Å². The zero-order valence-electron chi connectivity index (χ0n) is 11.7. The second kappa shape index (κ2) is 4.52. The van der Waals surface area contributed by atoms with Crippen molar-refractivity contribution >= 4 is 5.69 Å². The second-order valence-corrected chi connectivity index (χ2v) is 6.74. The molecule has 2 fully saturated rings. The van der Waals surface area contributed by atoms with Gasteiger partial charge in [-0.2, -0.15) is 0 Å². The summed E-state index contributed by atoms with van der Waals surface area (Å²) in [6.45, 7) is 4.96. The Bertz CT molecular complexity index is 456. The minimum atomic E-state index is 0.503. The fraction of sp³-hybridized carbons (Fsp3) is 0.647. The molecule has 1 spiro atoms. The number of hydrogen-bond donors (Lipinski definition) is 1. The highest BCUT2D eigenvalue weighted by atomic mass is 15.2. The summed E-state index contributed by atoms with van der Waals surface area (Å²) in [5, 5.41) is 3.50. The SMILES string of the molecule is c1ccc2c(c1)N(C[C@H]1CCNC1)CC21CCCC1. The largest absolute Gasteiger partial charge is 0.370 e. The smallest absolute Gasteiger partial charge is 0.0405 e. The lowest BCUT2D eigenvalue weighted by Crippen LogP contribution is -2.34. The van der Waals surface area contributed by atoms with Gasteiger partial charge in [0, 0.05) is 24.2 Å². The van der Waals surface area contributed by atoms with E-state index in [1.807, 2.05) is 0 Å². The lowest BCUT2D eigenvalue weighted by Gasteiger charge is -2.27. The van der Waals surface area contributed by atoms with Gasteiger partial charge in [0.15, 0.2) is 0 Å². The average molecular weight is 256 g/mol. The van der Waals surface area contributed by atoms with Gasteiger partial charge in [0.05, 0.1) is 0 Å². The number of rotatable bonds is 2. The van der Waals surface area contributed by atoms with Crippen LogP contribution in [-0.2, 0) is 5.41 Å². The first kappa shape index (κ1) is 11.8. The predicted molar refractivity (Wildman–Crippen MR) is 79.8 cm³/mol. The van der Waals surface area contributed by atoms with Crippen molar-refractivity contribution in [1.82, 2.24) is 5.32 Å². The lowest BCUT2D eigenvalue weighted by atomic mass is 9.81. The van der Waals surface area contributed by atoms with Crippen LogP contribution in [0.15, 0.2) is 24.3 Å². The standard InChI is InChI=1S/C17H24N2/c1-2-6-16-15(5-1)17(8-3-4-9-17)13-19(16)12-14-7-10-18-11-14/h1-2,5-6,14,18H,3-4,7-13H2/t14-/m0/s1. The van der Waals surface area contributed by atoms with Crippen LogP contribution in [0.4, 0.5) is 5.69 Å². The van der Waals surface area contributed by atoms with E-state index in [9.17, 15) is 0 Å². The van der Waals surface area contributed by atoms with Crippen molar-refractivity contribution in [2.45, 2.75) is 37.5 Å². The van der Waals surface area contributed by atoms with Crippen LogP contribution in [0.2, 0.25) is 0 Å². The van der Waals surface area contributed by atoms with E-state index >= 15 is 0 Å².